The summed E-state index contributed by atoms with van der Waals surface area (Å²) in [6, 6.07) is 3.85. The monoisotopic (exact) mass is 217 g/mol. The Morgan fingerprint density at radius 2 is 2.19 bits per heavy atom. The lowest BCUT2D eigenvalue weighted by Crippen LogP contribution is -2.03. The van der Waals surface area contributed by atoms with Crippen LogP contribution in [-0.4, -0.2) is 26.3 Å². The minimum absolute atomic E-state index is 0.787. The normalized spacial score (nSPS) is 10.4. The number of hydrogen-bond acceptors (Lipinski definition) is 4. The Kier molecular flexibility index (Phi) is 3.14. The Hall–Kier alpha value is -1.91. The van der Waals surface area contributed by atoms with E-state index in [0.717, 1.165) is 30.3 Å². The summed E-state index contributed by atoms with van der Waals surface area (Å²) >= 11 is 0. The lowest BCUT2D eigenvalue weighted by atomic mass is 10.3. The van der Waals surface area contributed by atoms with Gasteiger partial charge in [0.2, 0.25) is 0 Å². The molecule has 0 aliphatic rings. The third-order valence-electron chi connectivity index (χ3n) is 2.27. The van der Waals surface area contributed by atoms with Crippen molar-refractivity contribution in [2.45, 2.75) is 13.3 Å². The van der Waals surface area contributed by atoms with Gasteiger partial charge in [0, 0.05) is 26.0 Å². The molecule has 0 saturated carbocycles. The predicted molar refractivity (Wildman–Crippen MR) is 63.0 cm³/mol. The number of hydrogen-bond donors (Lipinski definition) is 1. The van der Waals surface area contributed by atoms with Crippen molar-refractivity contribution in [3.63, 3.8) is 0 Å². The molecule has 0 unspecified atom stereocenters. The van der Waals surface area contributed by atoms with Crippen molar-refractivity contribution in [3.05, 3.63) is 24.5 Å². The smallest absolute Gasteiger partial charge is 0.160 e. The highest BCUT2D eigenvalue weighted by Crippen LogP contribution is 2.13. The molecule has 2 heterocycles. The van der Waals surface area contributed by atoms with Crippen LogP contribution in [0.5, 0.6) is 0 Å². The molecule has 2 rings (SSSR count). The number of aryl methyl sites for hydroxylation is 1. The van der Waals surface area contributed by atoms with E-state index in [1.165, 1.54) is 0 Å². The first-order chi connectivity index (χ1) is 7.81. The van der Waals surface area contributed by atoms with Gasteiger partial charge in [0.25, 0.3) is 0 Å². The summed E-state index contributed by atoms with van der Waals surface area (Å²) in [5.41, 5.74) is 0.787. The molecular weight excluding hydrogens is 202 g/mol. The van der Waals surface area contributed by atoms with Crippen molar-refractivity contribution in [2.24, 2.45) is 7.05 Å². The van der Waals surface area contributed by atoms with Gasteiger partial charge >= 0.3 is 0 Å². The molecule has 5 heteroatoms. The minimum Gasteiger partial charge on any atom is -0.369 e. The van der Waals surface area contributed by atoms with Crippen molar-refractivity contribution >= 4 is 5.82 Å². The SMILES string of the molecule is CCCNc1ccc(-c2nccn2C)nn1. The first-order valence-corrected chi connectivity index (χ1v) is 5.36. The molecule has 1 N–H and O–H groups in total. The number of nitrogens with zero attached hydrogens (tertiary/aromatic N) is 4. The third kappa shape index (κ3) is 2.18. The summed E-state index contributed by atoms with van der Waals surface area (Å²) < 4.78 is 1.92. The summed E-state index contributed by atoms with van der Waals surface area (Å²) in [6.45, 7) is 3.03. The molecule has 0 spiro atoms. The molecule has 84 valence electrons. The number of nitrogens with one attached hydrogen (secondary N) is 1. The molecule has 0 fully saturated rings. The highest BCUT2D eigenvalue weighted by Gasteiger charge is 2.05. The van der Waals surface area contributed by atoms with E-state index in [-0.39, 0.29) is 0 Å². The van der Waals surface area contributed by atoms with Gasteiger partial charge in [-0.3, -0.25) is 0 Å². The molecule has 0 saturated heterocycles. The molecule has 0 aliphatic heterocycles. The van der Waals surface area contributed by atoms with Gasteiger partial charge in [-0.05, 0) is 18.6 Å². The maximum atomic E-state index is 4.22. The number of anilines is 1. The molecule has 0 bridgehead atoms. The van der Waals surface area contributed by atoms with Crippen molar-refractivity contribution < 1.29 is 0 Å². The summed E-state index contributed by atoms with van der Waals surface area (Å²) in [5.74, 6) is 1.63. The number of rotatable bonds is 4. The third-order valence-corrected chi connectivity index (χ3v) is 2.27. The van der Waals surface area contributed by atoms with Crippen molar-refractivity contribution in [1.29, 1.82) is 0 Å². The zero-order valence-corrected chi connectivity index (χ0v) is 9.51. The Labute approximate surface area is 94.5 Å². The van der Waals surface area contributed by atoms with E-state index < -0.39 is 0 Å². The summed E-state index contributed by atoms with van der Waals surface area (Å²) in [4.78, 5) is 4.22. The van der Waals surface area contributed by atoms with E-state index in [1.54, 1.807) is 6.20 Å². The van der Waals surface area contributed by atoms with Crippen molar-refractivity contribution in [3.8, 4) is 11.5 Å². The summed E-state index contributed by atoms with van der Waals surface area (Å²) in [6.07, 6.45) is 4.71. The molecule has 0 amide bonds. The van der Waals surface area contributed by atoms with Crippen LogP contribution < -0.4 is 5.32 Å². The first-order valence-electron chi connectivity index (χ1n) is 5.36. The summed E-state index contributed by atoms with van der Waals surface area (Å²) in [5, 5.41) is 11.4. The molecule has 2 aromatic rings. The fraction of sp³-hybridized carbons (Fsp3) is 0.364. The van der Waals surface area contributed by atoms with Crippen molar-refractivity contribution in [2.75, 3.05) is 11.9 Å². The van der Waals surface area contributed by atoms with Gasteiger partial charge in [-0.25, -0.2) is 4.98 Å². The lowest BCUT2D eigenvalue weighted by molar-refractivity contribution is 0.899. The average molecular weight is 217 g/mol. The van der Waals surface area contributed by atoms with E-state index >= 15 is 0 Å². The molecular formula is C11H15N5. The highest BCUT2D eigenvalue weighted by atomic mass is 15.2. The van der Waals surface area contributed by atoms with Gasteiger partial charge in [0.1, 0.15) is 11.5 Å². The van der Waals surface area contributed by atoms with Crippen LogP contribution in [0.2, 0.25) is 0 Å². The molecule has 0 aliphatic carbocycles. The van der Waals surface area contributed by atoms with Gasteiger partial charge < -0.3 is 9.88 Å². The first kappa shape index (κ1) is 10.6. The van der Waals surface area contributed by atoms with E-state index in [9.17, 15) is 0 Å². The Morgan fingerprint density at radius 1 is 1.31 bits per heavy atom. The molecule has 0 aromatic carbocycles. The Balaban J connectivity index is 2.16. The molecule has 5 nitrogen and oxygen atoms in total. The van der Waals surface area contributed by atoms with Crippen LogP contribution in [-0.2, 0) is 7.05 Å². The second-order valence-corrected chi connectivity index (χ2v) is 3.59. The summed E-state index contributed by atoms with van der Waals surface area (Å²) in [7, 11) is 1.94. The van der Waals surface area contributed by atoms with Gasteiger partial charge in [0.15, 0.2) is 5.82 Å². The standard InChI is InChI=1S/C11H15N5/c1-3-6-12-10-5-4-9(14-15-10)11-13-7-8-16(11)2/h4-5,7-8H,3,6H2,1-2H3,(H,12,15). The molecule has 0 radical (unpaired) electrons. The molecule has 0 atom stereocenters. The number of imidazole rings is 1. The highest BCUT2D eigenvalue weighted by molar-refractivity contribution is 5.51. The molecule has 2 aromatic heterocycles. The Bertz CT molecular complexity index is 446. The van der Waals surface area contributed by atoms with Crippen LogP contribution in [0.4, 0.5) is 5.82 Å². The average Bonchev–Trinajstić information content (AvgIpc) is 2.74. The largest absolute Gasteiger partial charge is 0.369 e. The number of aromatic nitrogens is 4. The van der Waals surface area contributed by atoms with E-state index in [0.29, 0.717) is 0 Å². The topological polar surface area (TPSA) is 55.6 Å². The lowest BCUT2D eigenvalue weighted by Gasteiger charge is -2.03. The van der Waals surface area contributed by atoms with Crippen LogP contribution >= 0.6 is 0 Å². The predicted octanol–water partition coefficient (Wildman–Crippen LogP) is 1.70. The molecule has 16 heavy (non-hydrogen) atoms. The van der Waals surface area contributed by atoms with Crippen LogP contribution in [0.1, 0.15) is 13.3 Å². The zero-order chi connectivity index (χ0) is 11.4. The van der Waals surface area contributed by atoms with Gasteiger partial charge in [-0.2, -0.15) is 0 Å². The van der Waals surface area contributed by atoms with Gasteiger partial charge in [-0.1, -0.05) is 6.92 Å². The van der Waals surface area contributed by atoms with Crippen LogP contribution in [0, 0.1) is 0 Å². The fourth-order valence-electron chi connectivity index (χ4n) is 1.41. The maximum absolute atomic E-state index is 4.22. The van der Waals surface area contributed by atoms with Crippen LogP contribution in [0.15, 0.2) is 24.5 Å². The zero-order valence-electron chi connectivity index (χ0n) is 9.51. The quantitative estimate of drug-likeness (QED) is 0.846. The van der Waals surface area contributed by atoms with Crippen molar-refractivity contribution in [1.82, 2.24) is 19.7 Å². The van der Waals surface area contributed by atoms with E-state index in [1.807, 2.05) is 29.9 Å². The van der Waals surface area contributed by atoms with Gasteiger partial charge in [-0.15, -0.1) is 10.2 Å². The Morgan fingerprint density at radius 3 is 2.75 bits per heavy atom. The van der Waals surface area contributed by atoms with Crippen LogP contribution in [0.3, 0.4) is 0 Å². The fourth-order valence-corrected chi connectivity index (χ4v) is 1.41. The van der Waals surface area contributed by atoms with Gasteiger partial charge in [0.05, 0.1) is 0 Å². The van der Waals surface area contributed by atoms with E-state index in [4.69, 9.17) is 0 Å². The van der Waals surface area contributed by atoms with Crippen LogP contribution in [0.25, 0.3) is 11.5 Å². The second-order valence-electron chi connectivity index (χ2n) is 3.59. The second kappa shape index (κ2) is 4.74. The minimum atomic E-state index is 0.787. The van der Waals surface area contributed by atoms with E-state index in [2.05, 4.69) is 27.4 Å². The maximum Gasteiger partial charge on any atom is 0.160 e.